The lowest BCUT2D eigenvalue weighted by atomic mass is 10.0. The Morgan fingerprint density at radius 1 is 1.24 bits per heavy atom. The van der Waals surface area contributed by atoms with Crippen molar-refractivity contribution in [3.63, 3.8) is 0 Å². The van der Waals surface area contributed by atoms with Gasteiger partial charge in [0.15, 0.2) is 0 Å². The van der Waals surface area contributed by atoms with Crippen LogP contribution in [0.2, 0.25) is 5.02 Å². The largest absolute Gasteiger partial charge is 0.331 e. The SMILES string of the molecule is NC1CC(=O)N(C2CC2)C1c1ccc(Cl)cc1. The second kappa shape index (κ2) is 4.00. The van der Waals surface area contributed by atoms with Crippen LogP contribution in [0.15, 0.2) is 24.3 Å². The monoisotopic (exact) mass is 250 g/mol. The molecule has 3 rings (SSSR count). The van der Waals surface area contributed by atoms with E-state index in [1.165, 1.54) is 0 Å². The van der Waals surface area contributed by atoms with Gasteiger partial charge in [0.1, 0.15) is 0 Å². The van der Waals surface area contributed by atoms with Crippen LogP contribution in [0.5, 0.6) is 0 Å². The predicted molar refractivity (Wildman–Crippen MR) is 66.7 cm³/mol. The van der Waals surface area contributed by atoms with Crippen molar-refractivity contribution in [1.82, 2.24) is 4.90 Å². The summed E-state index contributed by atoms with van der Waals surface area (Å²) < 4.78 is 0. The van der Waals surface area contributed by atoms with E-state index in [0.717, 1.165) is 18.4 Å². The van der Waals surface area contributed by atoms with Gasteiger partial charge in [-0.25, -0.2) is 0 Å². The van der Waals surface area contributed by atoms with Gasteiger partial charge in [0, 0.05) is 23.5 Å². The number of halogens is 1. The molecule has 0 radical (unpaired) electrons. The Bertz CT molecular complexity index is 441. The summed E-state index contributed by atoms with van der Waals surface area (Å²) in [5, 5.41) is 0.713. The Kier molecular flexibility index (Phi) is 2.60. The van der Waals surface area contributed by atoms with E-state index in [1.54, 1.807) is 0 Å². The van der Waals surface area contributed by atoms with Crippen molar-refractivity contribution in [2.75, 3.05) is 0 Å². The van der Waals surface area contributed by atoms with Crippen molar-refractivity contribution < 1.29 is 4.79 Å². The number of amides is 1. The minimum Gasteiger partial charge on any atom is -0.331 e. The second-order valence-corrected chi connectivity index (χ2v) is 5.33. The molecule has 2 unspecified atom stereocenters. The number of nitrogens with two attached hydrogens (primary N) is 1. The molecule has 2 N–H and O–H groups in total. The molecule has 1 saturated heterocycles. The van der Waals surface area contributed by atoms with E-state index < -0.39 is 0 Å². The smallest absolute Gasteiger partial charge is 0.225 e. The fourth-order valence-electron chi connectivity index (χ4n) is 2.63. The molecule has 1 saturated carbocycles. The van der Waals surface area contributed by atoms with Crippen molar-refractivity contribution in [3.05, 3.63) is 34.9 Å². The fourth-order valence-corrected chi connectivity index (χ4v) is 2.76. The summed E-state index contributed by atoms with van der Waals surface area (Å²) in [4.78, 5) is 13.9. The zero-order valence-electron chi connectivity index (χ0n) is 9.47. The van der Waals surface area contributed by atoms with Crippen LogP contribution in [-0.2, 0) is 4.79 Å². The Labute approximate surface area is 106 Å². The van der Waals surface area contributed by atoms with Crippen molar-refractivity contribution in [2.45, 2.75) is 37.4 Å². The maximum absolute atomic E-state index is 11.9. The van der Waals surface area contributed by atoms with E-state index in [1.807, 2.05) is 29.2 Å². The zero-order chi connectivity index (χ0) is 12.0. The van der Waals surface area contributed by atoms with Crippen LogP contribution in [0.3, 0.4) is 0 Å². The Hall–Kier alpha value is -1.06. The van der Waals surface area contributed by atoms with E-state index in [0.29, 0.717) is 17.5 Å². The van der Waals surface area contributed by atoms with Crippen LogP contribution in [0.4, 0.5) is 0 Å². The second-order valence-electron chi connectivity index (χ2n) is 4.90. The highest BCUT2D eigenvalue weighted by molar-refractivity contribution is 6.30. The minimum absolute atomic E-state index is 0.0345. The average molecular weight is 251 g/mol. The van der Waals surface area contributed by atoms with E-state index in [2.05, 4.69) is 0 Å². The van der Waals surface area contributed by atoms with Crippen LogP contribution >= 0.6 is 11.6 Å². The highest BCUT2D eigenvalue weighted by Gasteiger charge is 2.45. The molecular formula is C13H15ClN2O. The summed E-state index contributed by atoms with van der Waals surface area (Å²) in [6.07, 6.45) is 2.69. The Balaban J connectivity index is 1.93. The first-order valence-electron chi connectivity index (χ1n) is 5.99. The molecule has 1 aliphatic heterocycles. The maximum Gasteiger partial charge on any atom is 0.225 e. The number of hydrogen-bond acceptors (Lipinski definition) is 2. The van der Waals surface area contributed by atoms with Gasteiger partial charge in [-0.1, -0.05) is 23.7 Å². The third-order valence-corrected chi connectivity index (χ3v) is 3.81. The Morgan fingerprint density at radius 2 is 1.88 bits per heavy atom. The summed E-state index contributed by atoms with van der Waals surface area (Å²) in [6, 6.07) is 8.02. The van der Waals surface area contributed by atoms with Gasteiger partial charge in [-0.3, -0.25) is 4.79 Å². The van der Waals surface area contributed by atoms with Gasteiger partial charge in [0.05, 0.1) is 6.04 Å². The van der Waals surface area contributed by atoms with Crippen molar-refractivity contribution >= 4 is 17.5 Å². The summed E-state index contributed by atoms with van der Waals surface area (Å²) in [5.74, 6) is 0.194. The molecule has 0 aromatic heterocycles. The number of carbonyl (C=O) groups is 1. The highest BCUT2D eigenvalue weighted by Crippen LogP contribution is 2.41. The normalized spacial score (nSPS) is 28.8. The van der Waals surface area contributed by atoms with Crippen molar-refractivity contribution in [1.29, 1.82) is 0 Å². The Morgan fingerprint density at radius 3 is 2.47 bits per heavy atom. The van der Waals surface area contributed by atoms with E-state index in [4.69, 9.17) is 17.3 Å². The summed E-state index contributed by atoms with van der Waals surface area (Å²) in [6.45, 7) is 0. The molecule has 1 aromatic rings. The molecule has 1 heterocycles. The summed E-state index contributed by atoms with van der Waals surface area (Å²) in [7, 11) is 0. The molecule has 3 nitrogen and oxygen atoms in total. The van der Waals surface area contributed by atoms with Gasteiger partial charge in [0.25, 0.3) is 0 Å². The van der Waals surface area contributed by atoms with Crippen molar-refractivity contribution in [3.8, 4) is 0 Å². The first-order valence-corrected chi connectivity index (χ1v) is 6.37. The van der Waals surface area contributed by atoms with Crippen LogP contribution in [-0.4, -0.2) is 22.9 Å². The number of rotatable bonds is 2. The molecule has 4 heteroatoms. The summed E-state index contributed by atoms with van der Waals surface area (Å²) in [5.41, 5.74) is 7.20. The topological polar surface area (TPSA) is 46.3 Å². The lowest BCUT2D eigenvalue weighted by Crippen LogP contribution is -2.34. The molecule has 90 valence electrons. The van der Waals surface area contributed by atoms with Crippen LogP contribution in [0.1, 0.15) is 30.9 Å². The number of likely N-dealkylation sites (tertiary alicyclic amines) is 1. The first kappa shape index (κ1) is 11.1. The molecule has 0 bridgehead atoms. The van der Waals surface area contributed by atoms with Crippen molar-refractivity contribution in [2.24, 2.45) is 5.73 Å². The molecule has 2 fully saturated rings. The van der Waals surface area contributed by atoms with E-state index >= 15 is 0 Å². The van der Waals surface area contributed by atoms with Gasteiger partial charge in [-0.15, -0.1) is 0 Å². The average Bonchev–Trinajstić information content (AvgIpc) is 3.07. The standard InChI is InChI=1S/C13H15ClN2O/c14-9-3-1-8(2-4-9)13-11(15)7-12(17)16(13)10-5-6-10/h1-4,10-11,13H,5-7,15H2. The highest BCUT2D eigenvalue weighted by atomic mass is 35.5. The van der Waals surface area contributed by atoms with E-state index in [9.17, 15) is 4.79 Å². The lowest BCUT2D eigenvalue weighted by molar-refractivity contribution is -0.129. The number of nitrogens with zero attached hydrogens (tertiary/aromatic N) is 1. The van der Waals surface area contributed by atoms with Crippen LogP contribution in [0.25, 0.3) is 0 Å². The lowest BCUT2D eigenvalue weighted by Gasteiger charge is -2.27. The molecule has 2 atom stereocenters. The van der Waals surface area contributed by atoms with Gasteiger partial charge >= 0.3 is 0 Å². The predicted octanol–water partition coefficient (Wildman–Crippen LogP) is 2.10. The minimum atomic E-state index is -0.0933. The first-order chi connectivity index (χ1) is 8.16. The quantitative estimate of drug-likeness (QED) is 0.874. The molecule has 0 spiro atoms. The number of benzene rings is 1. The molecular weight excluding hydrogens is 236 g/mol. The summed E-state index contributed by atoms with van der Waals surface area (Å²) >= 11 is 5.88. The van der Waals surface area contributed by atoms with E-state index in [-0.39, 0.29) is 18.0 Å². The molecule has 1 aromatic carbocycles. The third kappa shape index (κ3) is 1.94. The molecule has 1 amide bonds. The maximum atomic E-state index is 11.9. The third-order valence-electron chi connectivity index (χ3n) is 3.56. The molecule has 17 heavy (non-hydrogen) atoms. The van der Waals surface area contributed by atoms with Crippen LogP contribution in [0, 0.1) is 0 Å². The fraction of sp³-hybridized carbons (Fsp3) is 0.462. The van der Waals surface area contributed by atoms with Gasteiger partial charge in [-0.2, -0.15) is 0 Å². The van der Waals surface area contributed by atoms with Gasteiger partial charge in [0.2, 0.25) is 5.91 Å². The van der Waals surface area contributed by atoms with Gasteiger partial charge in [-0.05, 0) is 30.5 Å². The molecule has 2 aliphatic rings. The van der Waals surface area contributed by atoms with Gasteiger partial charge < -0.3 is 10.6 Å². The van der Waals surface area contributed by atoms with Crippen LogP contribution < -0.4 is 5.73 Å². The molecule has 1 aliphatic carbocycles. The zero-order valence-corrected chi connectivity index (χ0v) is 10.2. The number of hydrogen-bond donors (Lipinski definition) is 1. The number of carbonyl (C=O) groups excluding carboxylic acids is 1.